The number of hydrogen-bond donors (Lipinski definition) is 1. The van der Waals surface area contributed by atoms with Crippen molar-refractivity contribution in [3.8, 4) is 0 Å². The van der Waals surface area contributed by atoms with Crippen molar-refractivity contribution in [2.45, 2.75) is 12.8 Å². The van der Waals surface area contributed by atoms with E-state index >= 15 is 0 Å². The van der Waals surface area contributed by atoms with Gasteiger partial charge in [0.2, 0.25) is 0 Å². The maximum absolute atomic E-state index is 4.21. The monoisotopic (exact) mass is 195 g/mol. The normalized spacial score (nSPS) is 14.3. The van der Waals surface area contributed by atoms with Gasteiger partial charge in [-0.2, -0.15) is 0 Å². The Hall–Kier alpha value is -1.76. The molecular formula is C14H13N. The third-order valence-electron chi connectivity index (χ3n) is 3.14. The summed E-state index contributed by atoms with van der Waals surface area (Å²) >= 11 is 0. The minimum absolute atomic E-state index is 1.08. The topological polar surface area (TPSA) is 15.8 Å². The molecule has 0 saturated carbocycles. The van der Waals surface area contributed by atoms with Crippen LogP contribution in [-0.2, 0) is 12.8 Å². The van der Waals surface area contributed by atoms with Crippen LogP contribution in [0.2, 0.25) is 0 Å². The van der Waals surface area contributed by atoms with Gasteiger partial charge in [0.05, 0.1) is 0 Å². The molecule has 1 aliphatic carbocycles. The molecule has 1 heteroatoms. The lowest BCUT2D eigenvalue weighted by molar-refractivity contribution is 0.930. The summed E-state index contributed by atoms with van der Waals surface area (Å²) in [7, 11) is 0. The van der Waals surface area contributed by atoms with Gasteiger partial charge in [-0.1, -0.05) is 30.8 Å². The maximum Gasteiger partial charge on any atom is 0.0230 e. The SMILES string of the molecule is C=C1c2ccccc2CCc2[nH]ccc21. The van der Waals surface area contributed by atoms with Crippen molar-refractivity contribution in [3.05, 3.63) is 65.5 Å². The Morgan fingerprint density at radius 2 is 1.87 bits per heavy atom. The Morgan fingerprint density at radius 3 is 2.80 bits per heavy atom. The molecule has 1 N–H and O–H groups in total. The third-order valence-corrected chi connectivity index (χ3v) is 3.14. The maximum atomic E-state index is 4.21. The molecule has 0 bridgehead atoms. The summed E-state index contributed by atoms with van der Waals surface area (Å²) in [6.45, 7) is 4.21. The highest BCUT2D eigenvalue weighted by Gasteiger charge is 2.16. The van der Waals surface area contributed by atoms with Gasteiger partial charge < -0.3 is 4.98 Å². The van der Waals surface area contributed by atoms with E-state index in [2.05, 4.69) is 41.9 Å². The van der Waals surface area contributed by atoms with Gasteiger partial charge in [-0.05, 0) is 35.6 Å². The molecule has 0 aliphatic heterocycles. The predicted molar refractivity (Wildman–Crippen MR) is 62.8 cm³/mol. The molecule has 1 aromatic heterocycles. The van der Waals surface area contributed by atoms with E-state index in [9.17, 15) is 0 Å². The first-order chi connectivity index (χ1) is 7.36. The number of rotatable bonds is 0. The van der Waals surface area contributed by atoms with Gasteiger partial charge >= 0.3 is 0 Å². The summed E-state index contributed by atoms with van der Waals surface area (Å²) in [6, 6.07) is 10.7. The highest BCUT2D eigenvalue weighted by Crippen LogP contribution is 2.31. The highest BCUT2D eigenvalue weighted by molar-refractivity contribution is 5.81. The predicted octanol–water partition coefficient (Wildman–Crippen LogP) is 3.17. The summed E-state index contributed by atoms with van der Waals surface area (Å²) in [6.07, 6.45) is 4.19. The fraction of sp³-hybridized carbons (Fsp3) is 0.143. The number of H-pyrrole nitrogens is 1. The minimum Gasteiger partial charge on any atom is -0.364 e. The van der Waals surface area contributed by atoms with Crippen LogP contribution in [0.5, 0.6) is 0 Å². The van der Waals surface area contributed by atoms with E-state index in [-0.39, 0.29) is 0 Å². The summed E-state index contributed by atoms with van der Waals surface area (Å²) in [5.74, 6) is 0. The van der Waals surface area contributed by atoms with Crippen LogP contribution in [0.1, 0.15) is 22.4 Å². The second-order valence-corrected chi connectivity index (χ2v) is 4.01. The van der Waals surface area contributed by atoms with E-state index in [1.807, 2.05) is 6.20 Å². The van der Waals surface area contributed by atoms with Crippen LogP contribution in [0.25, 0.3) is 5.57 Å². The summed E-state index contributed by atoms with van der Waals surface area (Å²) in [4.78, 5) is 3.30. The Morgan fingerprint density at radius 1 is 1.00 bits per heavy atom. The summed E-state index contributed by atoms with van der Waals surface area (Å²) in [5, 5.41) is 0. The first kappa shape index (κ1) is 8.54. The summed E-state index contributed by atoms with van der Waals surface area (Å²) in [5.41, 5.74) is 6.46. The zero-order valence-corrected chi connectivity index (χ0v) is 8.59. The smallest absolute Gasteiger partial charge is 0.0230 e. The molecule has 1 aliphatic rings. The number of fused-ring (bicyclic) bond motifs is 2. The van der Waals surface area contributed by atoms with Crippen LogP contribution in [0.15, 0.2) is 43.1 Å². The molecule has 2 aromatic rings. The number of benzene rings is 1. The number of aryl methyl sites for hydroxylation is 2. The van der Waals surface area contributed by atoms with Gasteiger partial charge in [0, 0.05) is 17.5 Å². The molecule has 0 atom stereocenters. The van der Waals surface area contributed by atoms with Crippen molar-refractivity contribution in [1.29, 1.82) is 0 Å². The largest absolute Gasteiger partial charge is 0.364 e. The van der Waals surface area contributed by atoms with E-state index in [1.165, 1.54) is 22.4 Å². The molecule has 0 radical (unpaired) electrons. The number of aromatic nitrogens is 1. The Labute approximate surface area is 89.5 Å². The Bertz CT molecular complexity index is 520. The molecule has 15 heavy (non-hydrogen) atoms. The lowest BCUT2D eigenvalue weighted by Crippen LogP contribution is -1.90. The number of aromatic amines is 1. The Balaban J connectivity index is 2.22. The molecular weight excluding hydrogens is 182 g/mol. The van der Waals surface area contributed by atoms with E-state index in [4.69, 9.17) is 0 Å². The van der Waals surface area contributed by atoms with Gasteiger partial charge in [-0.3, -0.25) is 0 Å². The van der Waals surface area contributed by atoms with Gasteiger partial charge in [0.1, 0.15) is 0 Å². The van der Waals surface area contributed by atoms with Crippen LogP contribution in [-0.4, -0.2) is 4.98 Å². The number of hydrogen-bond acceptors (Lipinski definition) is 0. The first-order valence-corrected chi connectivity index (χ1v) is 5.30. The minimum atomic E-state index is 1.08. The zero-order chi connectivity index (χ0) is 10.3. The van der Waals surface area contributed by atoms with E-state index in [0.29, 0.717) is 0 Å². The van der Waals surface area contributed by atoms with E-state index in [1.54, 1.807) is 0 Å². The van der Waals surface area contributed by atoms with Crippen molar-refractivity contribution in [2.24, 2.45) is 0 Å². The fourth-order valence-electron chi connectivity index (χ4n) is 2.33. The van der Waals surface area contributed by atoms with Crippen LogP contribution in [0.3, 0.4) is 0 Å². The van der Waals surface area contributed by atoms with E-state index in [0.717, 1.165) is 18.4 Å². The molecule has 1 aromatic carbocycles. The van der Waals surface area contributed by atoms with Gasteiger partial charge in [-0.25, -0.2) is 0 Å². The highest BCUT2D eigenvalue weighted by atomic mass is 14.7. The van der Waals surface area contributed by atoms with Crippen LogP contribution < -0.4 is 0 Å². The first-order valence-electron chi connectivity index (χ1n) is 5.30. The average molecular weight is 195 g/mol. The van der Waals surface area contributed by atoms with E-state index < -0.39 is 0 Å². The standard InChI is InChI=1S/C14H13N/c1-10-12-5-3-2-4-11(12)6-7-14-13(10)8-9-15-14/h2-5,8-9,15H,1,6-7H2. The second kappa shape index (κ2) is 3.13. The number of nitrogens with one attached hydrogen (secondary N) is 1. The van der Waals surface area contributed by atoms with Crippen molar-refractivity contribution in [2.75, 3.05) is 0 Å². The van der Waals surface area contributed by atoms with Gasteiger partial charge in [-0.15, -0.1) is 0 Å². The zero-order valence-electron chi connectivity index (χ0n) is 8.59. The molecule has 0 amide bonds. The molecule has 0 unspecified atom stereocenters. The van der Waals surface area contributed by atoms with Crippen LogP contribution in [0, 0.1) is 0 Å². The second-order valence-electron chi connectivity index (χ2n) is 4.01. The molecule has 0 fully saturated rings. The summed E-state index contributed by atoms with van der Waals surface area (Å²) < 4.78 is 0. The molecule has 0 spiro atoms. The van der Waals surface area contributed by atoms with Crippen LogP contribution in [0.4, 0.5) is 0 Å². The van der Waals surface area contributed by atoms with Crippen molar-refractivity contribution in [1.82, 2.24) is 4.98 Å². The van der Waals surface area contributed by atoms with Crippen molar-refractivity contribution in [3.63, 3.8) is 0 Å². The van der Waals surface area contributed by atoms with Crippen LogP contribution >= 0.6 is 0 Å². The molecule has 74 valence electrons. The van der Waals surface area contributed by atoms with Crippen molar-refractivity contribution < 1.29 is 0 Å². The van der Waals surface area contributed by atoms with Gasteiger partial charge in [0.25, 0.3) is 0 Å². The average Bonchev–Trinajstić information content (AvgIpc) is 2.69. The third kappa shape index (κ3) is 1.23. The lowest BCUT2D eigenvalue weighted by atomic mass is 9.98. The molecule has 1 nitrogen and oxygen atoms in total. The van der Waals surface area contributed by atoms with Gasteiger partial charge in [0.15, 0.2) is 0 Å². The quantitative estimate of drug-likeness (QED) is 0.664. The lowest BCUT2D eigenvalue weighted by Gasteiger charge is -2.06. The molecule has 1 heterocycles. The Kier molecular flexibility index (Phi) is 1.78. The molecule has 3 rings (SSSR count). The fourth-order valence-corrected chi connectivity index (χ4v) is 2.33. The van der Waals surface area contributed by atoms with Crippen molar-refractivity contribution >= 4 is 5.57 Å². The molecule has 0 saturated heterocycles.